The van der Waals surface area contributed by atoms with Gasteiger partial charge in [0, 0.05) is 12.7 Å². The van der Waals surface area contributed by atoms with Crippen LogP contribution in [-0.2, 0) is 14.4 Å². The number of aryl methyl sites for hydroxylation is 1. The van der Waals surface area contributed by atoms with Crippen LogP contribution in [0.3, 0.4) is 0 Å². The summed E-state index contributed by atoms with van der Waals surface area (Å²) in [5.74, 6) is -1.15. The zero-order valence-corrected chi connectivity index (χ0v) is 17.9. The summed E-state index contributed by atoms with van der Waals surface area (Å²) in [5.41, 5.74) is 5.54. The normalized spacial score (nSPS) is 10.5. The minimum Gasteiger partial charge on any atom is -0.490 e. The van der Waals surface area contributed by atoms with Crippen LogP contribution in [0.4, 0.5) is 5.69 Å². The number of anilines is 1. The van der Waals surface area contributed by atoms with Gasteiger partial charge in [-0.25, -0.2) is 5.43 Å². The Balaban J connectivity index is 2.02. The Hall–Kier alpha value is -3.88. The molecule has 0 aliphatic carbocycles. The third-order valence-corrected chi connectivity index (χ3v) is 4.32. The van der Waals surface area contributed by atoms with Crippen LogP contribution in [0.2, 0.25) is 0 Å². The molecule has 0 saturated carbocycles. The van der Waals surface area contributed by atoms with Crippen molar-refractivity contribution in [2.45, 2.75) is 20.8 Å². The topological polar surface area (TPSA) is 118 Å². The number of carbonyl (C=O) groups is 3. The Morgan fingerprint density at radius 3 is 2.52 bits per heavy atom. The molecule has 0 aromatic heterocycles. The molecular formula is C22H26N4O5. The Labute approximate surface area is 180 Å². The molecule has 0 saturated heterocycles. The number of hydrazone groups is 1. The van der Waals surface area contributed by atoms with E-state index in [-0.39, 0.29) is 12.5 Å². The molecule has 0 fully saturated rings. The largest absolute Gasteiger partial charge is 0.490 e. The highest BCUT2D eigenvalue weighted by atomic mass is 16.5. The lowest BCUT2D eigenvalue weighted by Gasteiger charge is -2.14. The molecule has 0 heterocycles. The molecule has 0 spiro atoms. The minimum atomic E-state index is -0.876. The quantitative estimate of drug-likeness (QED) is 0.339. The number of nitrogens with one attached hydrogen (secondary N) is 3. The van der Waals surface area contributed by atoms with Crippen LogP contribution in [0.25, 0.3) is 0 Å². The molecule has 2 aromatic rings. The fourth-order valence-electron chi connectivity index (χ4n) is 2.54. The van der Waals surface area contributed by atoms with Gasteiger partial charge in [0.2, 0.25) is 0 Å². The molecule has 164 valence electrons. The van der Waals surface area contributed by atoms with E-state index in [0.717, 1.165) is 16.8 Å². The molecule has 0 bridgehead atoms. The first kappa shape index (κ1) is 23.4. The van der Waals surface area contributed by atoms with Crippen LogP contribution < -0.4 is 25.5 Å². The second-order valence-corrected chi connectivity index (χ2v) is 6.50. The number of hydrogen-bond donors (Lipinski definition) is 3. The van der Waals surface area contributed by atoms with Crippen molar-refractivity contribution >= 4 is 29.6 Å². The first-order valence-corrected chi connectivity index (χ1v) is 9.66. The Bertz CT molecular complexity index is 988. The lowest BCUT2D eigenvalue weighted by atomic mass is 10.1. The van der Waals surface area contributed by atoms with Gasteiger partial charge in [0.05, 0.1) is 12.8 Å². The Morgan fingerprint density at radius 2 is 1.81 bits per heavy atom. The summed E-state index contributed by atoms with van der Waals surface area (Å²) in [6, 6.07) is 10.7. The number of ether oxygens (including phenoxy) is 2. The molecule has 2 rings (SSSR count). The molecule has 0 aliphatic heterocycles. The van der Waals surface area contributed by atoms with E-state index in [9.17, 15) is 14.4 Å². The van der Waals surface area contributed by atoms with Crippen LogP contribution in [0.1, 0.15) is 23.6 Å². The smallest absolute Gasteiger partial charge is 0.329 e. The summed E-state index contributed by atoms with van der Waals surface area (Å²) in [4.78, 5) is 34.8. The predicted octanol–water partition coefficient (Wildman–Crippen LogP) is 1.92. The maximum atomic E-state index is 12.3. The van der Waals surface area contributed by atoms with Gasteiger partial charge < -0.3 is 20.1 Å². The van der Waals surface area contributed by atoms with E-state index in [1.54, 1.807) is 18.2 Å². The average molecular weight is 426 g/mol. The van der Waals surface area contributed by atoms with Gasteiger partial charge in [-0.15, -0.1) is 0 Å². The van der Waals surface area contributed by atoms with Crippen LogP contribution in [0.5, 0.6) is 11.5 Å². The van der Waals surface area contributed by atoms with Crippen molar-refractivity contribution in [3.05, 3.63) is 53.1 Å². The fourth-order valence-corrected chi connectivity index (χ4v) is 2.54. The zero-order chi connectivity index (χ0) is 22.8. The lowest BCUT2D eigenvalue weighted by molar-refractivity contribution is -0.138. The maximum absolute atomic E-state index is 12.3. The van der Waals surface area contributed by atoms with Crippen LogP contribution >= 0.6 is 0 Å². The van der Waals surface area contributed by atoms with Crippen molar-refractivity contribution in [2.24, 2.45) is 5.10 Å². The van der Waals surface area contributed by atoms with E-state index in [2.05, 4.69) is 21.2 Å². The first-order valence-electron chi connectivity index (χ1n) is 9.66. The van der Waals surface area contributed by atoms with Gasteiger partial charge >= 0.3 is 11.8 Å². The van der Waals surface area contributed by atoms with E-state index in [4.69, 9.17) is 9.47 Å². The van der Waals surface area contributed by atoms with Crippen LogP contribution in [-0.4, -0.2) is 44.2 Å². The second kappa shape index (κ2) is 11.3. The maximum Gasteiger partial charge on any atom is 0.329 e. The molecule has 0 unspecified atom stereocenters. The molecule has 3 amide bonds. The molecule has 2 aromatic carbocycles. The summed E-state index contributed by atoms with van der Waals surface area (Å²) in [7, 11) is 1.35. The minimum absolute atomic E-state index is 0.191. The number of rotatable bonds is 8. The van der Waals surface area contributed by atoms with Crippen LogP contribution in [0, 0.1) is 13.8 Å². The van der Waals surface area contributed by atoms with E-state index in [0.29, 0.717) is 23.7 Å². The molecule has 9 nitrogen and oxygen atoms in total. The highest BCUT2D eigenvalue weighted by Crippen LogP contribution is 2.28. The molecular weight excluding hydrogens is 400 g/mol. The third kappa shape index (κ3) is 6.84. The van der Waals surface area contributed by atoms with Crippen molar-refractivity contribution in [1.82, 2.24) is 10.7 Å². The number of benzene rings is 2. The first-order chi connectivity index (χ1) is 14.8. The number of hydrogen-bond acceptors (Lipinski definition) is 6. The molecule has 9 heteroatoms. The fraction of sp³-hybridized carbons (Fsp3) is 0.273. The highest BCUT2D eigenvalue weighted by molar-refractivity contribution is 6.35. The van der Waals surface area contributed by atoms with Gasteiger partial charge in [-0.2, -0.15) is 5.10 Å². The van der Waals surface area contributed by atoms with Gasteiger partial charge in [-0.1, -0.05) is 12.1 Å². The van der Waals surface area contributed by atoms with E-state index >= 15 is 0 Å². The summed E-state index contributed by atoms with van der Waals surface area (Å²) in [6.45, 7) is 5.94. The number of carbonyl (C=O) groups excluding carboxylic acids is 3. The summed E-state index contributed by atoms with van der Waals surface area (Å²) < 4.78 is 11.2. The van der Waals surface area contributed by atoms with Crippen molar-refractivity contribution in [3.8, 4) is 11.5 Å². The molecule has 3 N–H and O–H groups in total. The molecule has 0 radical (unpaired) electrons. The average Bonchev–Trinajstić information content (AvgIpc) is 2.76. The zero-order valence-electron chi connectivity index (χ0n) is 17.9. The predicted molar refractivity (Wildman–Crippen MR) is 117 cm³/mol. The summed E-state index contributed by atoms with van der Waals surface area (Å²) in [5, 5.41) is 8.77. The number of likely N-dealkylation sites (N-methyl/N-ethyl adjacent to an activating group) is 1. The standard InChI is InChI=1S/C22H26N4O5/c1-5-30-19-11-16(12-24-26-22(29)21(28)23-4)9-10-18(19)31-13-20(27)25-17-8-6-7-14(2)15(17)3/h6-12H,5,13H2,1-4H3,(H,23,28)(H,25,27)(H,26,29)/b24-12-. The van der Waals surface area contributed by atoms with Gasteiger partial charge in [-0.3, -0.25) is 14.4 Å². The van der Waals surface area contributed by atoms with Crippen molar-refractivity contribution in [2.75, 3.05) is 25.6 Å². The molecule has 0 aliphatic rings. The van der Waals surface area contributed by atoms with E-state index < -0.39 is 11.8 Å². The van der Waals surface area contributed by atoms with Gasteiger partial charge in [-0.05, 0) is 61.7 Å². The van der Waals surface area contributed by atoms with Crippen molar-refractivity contribution in [1.29, 1.82) is 0 Å². The van der Waals surface area contributed by atoms with E-state index in [1.165, 1.54) is 13.3 Å². The monoisotopic (exact) mass is 426 g/mol. The Morgan fingerprint density at radius 1 is 1.03 bits per heavy atom. The Kier molecular flexibility index (Phi) is 8.56. The van der Waals surface area contributed by atoms with Crippen molar-refractivity contribution < 1.29 is 23.9 Å². The SMILES string of the molecule is CCOc1cc(/C=N\NC(=O)C(=O)NC)ccc1OCC(=O)Nc1cccc(C)c1C. The second-order valence-electron chi connectivity index (χ2n) is 6.50. The molecule has 31 heavy (non-hydrogen) atoms. The van der Waals surface area contributed by atoms with Crippen molar-refractivity contribution in [3.63, 3.8) is 0 Å². The third-order valence-electron chi connectivity index (χ3n) is 4.32. The molecule has 0 atom stereocenters. The van der Waals surface area contributed by atoms with Gasteiger partial charge in [0.15, 0.2) is 18.1 Å². The summed E-state index contributed by atoms with van der Waals surface area (Å²) >= 11 is 0. The van der Waals surface area contributed by atoms with E-state index in [1.807, 2.05) is 39.0 Å². The highest BCUT2D eigenvalue weighted by Gasteiger charge is 2.11. The van der Waals surface area contributed by atoms with Gasteiger partial charge in [0.1, 0.15) is 0 Å². The number of nitrogens with zero attached hydrogens (tertiary/aromatic N) is 1. The number of amides is 3. The lowest BCUT2D eigenvalue weighted by Crippen LogP contribution is -2.35. The summed E-state index contributed by atoms with van der Waals surface area (Å²) in [6.07, 6.45) is 1.36. The van der Waals surface area contributed by atoms with Crippen LogP contribution in [0.15, 0.2) is 41.5 Å². The van der Waals surface area contributed by atoms with Gasteiger partial charge in [0.25, 0.3) is 5.91 Å².